The lowest BCUT2D eigenvalue weighted by Crippen LogP contribution is -2.25. The summed E-state index contributed by atoms with van der Waals surface area (Å²) in [4.78, 5) is 0. The molecule has 2 aromatic carbocycles. The summed E-state index contributed by atoms with van der Waals surface area (Å²) < 4.78 is 51.7. The molecule has 0 heterocycles. The van der Waals surface area contributed by atoms with Gasteiger partial charge in [0.2, 0.25) is 0 Å². The van der Waals surface area contributed by atoms with E-state index in [9.17, 15) is 22.7 Å². The average molecular weight is 298 g/mol. The van der Waals surface area contributed by atoms with Gasteiger partial charge < -0.3 is 5.11 Å². The molecule has 1 N–H and O–H groups in total. The van der Waals surface area contributed by atoms with Gasteiger partial charge in [0.05, 0.1) is 5.56 Å². The summed E-state index contributed by atoms with van der Waals surface area (Å²) in [6.45, 7) is 3.14. The van der Waals surface area contributed by atoms with Crippen molar-refractivity contribution < 1.29 is 22.7 Å². The molecule has 0 aliphatic heterocycles. The number of rotatable bonds is 2. The molecule has 2 rings (SSSR count). The third kappa shape index (κ3) is 2.93. The number of benzene rings is 2. The summed E-state index contributed by atoms with van der Waals surface area (Å²) in [6, 6.07) is 9.37. The van der Waals surface area contributed by atoms with Crippen LogP contribution >= 0.6 is 0 Å². The second kappa shape index (κ2) is 5.15. The van der Waals surface area contributed by atoms with Crippen LogP contribution in [0.15, 0.2) is 42.5 Å². The van der Waals surface area contributed by atoms with Gasteiger partial charge in [0.1, 0.15) is 11.4 Å². The van der Waals surface area contributed by atoms with Crippen LogP contribution in [0.1, 0.15) is 29.2 Å². The highest BCUT2D eigenvalue weighted by Crippen LogP contribution is 2.37. The highest BCUT2D eigenvalue weighted by Gasteiger charge is 2.36. The van der Waals surface area contributed by atoms with Gasteiger partial charge in [0.25, 0.3) is 0 Å². The molecule has 0 bridgehead atoms. The molecule has 1 nitrogen and oxygen atoms in total. The van der Waals surface area contributed by atoms with Gasteiger partial charge in [-0.15, -0.1) is 0 Å². The smallest absolute Gasteiger partial charge is 0.381 e. The number of hydrogen-bond acceptors (Lipinski definition) is 1. The van der Waals surface area contributed by atoms with Crippen LogP contribution in [-0.2, 0) is 11.8 Å². The van der Waals surface area contributed by atoms with Gasteiger partial charge >= 0.3 is 6.18 Å². The minimum absolute atomic E-state index is 0.00877. The van der Waals surface area contributed by atoms with Crippen LogP contribution in [-0.4, -0.2) is 5.11 Å². The maximum Gasteiger partial charge on any atom is 0.419 e. The summed E-state index contributed by atoms with van der Waals surface area (Å²) in [5.74, 6) is -1.35. The zero-order chi connectivity index (χ0) is 15.8. The number of hydrogen-bond donors (Lipinski definition) is 1. The molecule has 0 aliphatic rings. The van der Waals surface area contributed by atoms with E-state index in [2.05, 4.69) is 0 Å². The summed E-state index contributed by atoms with van der Waals surface area (Å²) >= 11 is 0. The largest absolute Gasteiger partial charge is 0.419 e. The van der Waals surface area contributed by atoms with Crippen molar-refractivity contribution in [3.8, 4) is 0 Å². The van der Waals surface area contributed by atoms with Crippen LogP contribution in [0.3, 0.4) is 0 Å². The predicted octanol–water partition coefficient (Wildman–Crippen LogP) is 4.41. The highest BCUT2D eigenvalue weighted by molar-refractivity contribution is 5.41. The van der Waals surface area contributed by atoms with E-state index in [1.165, 1.54) is 6.92 Å². The molecule has 0 aliphatic carbocycles. The van der Waals surface area contributed by atoms with Crippen LogP contribution in [0.5, 0.6) is 0 Å². The van der Waals surface area contributed by atoms with Gasteiger partial charge in [0.15, 0.2) is 0 Å². The molecule has 0 fully saturated rings. The number of aliphatic hydroxyl groups is 1. The van der Waals surface area contributed by atoms with Crippen LogP contribution in [0.4, 0.5) is 17.6 Å². The van der Waals surface area contributed by atoms with E-state index < -0.39 is 23.2 Å². The molecule has 112 valence electrons. The Hall–Kier alpha value is -1.88. The van der Waals surface area contributed by atoms with Gasteiger partial charge in [0, 0.05) is 0 Å². The van der Waals surface area contributed by atoms with Crippen LogP contribution in [0.25, 0.3) is 0 Å². The molecule has 0 amide bonds. The van der Waals surface area contributed by atoms with Crippen molar-refractivity contribution in [3.05, 3.63) is 70.5 Å². The lowest BCUT2D eigenvalue weighted by Gasteiger charge is -2.27. The van der Waals surface area contributed by atoms with E-state index in [4.69, 9.17) is 0 Å². The van der Waals surface area contributed by atoms with E-state index >= 15 is 0 Å². The van der Waals surface area contributed by atoms with Crippen LogP contribution < -0.4 is 0 Å². The molecule has 0 saturated heterocycles. The van der Waals surface area contributed by atoms with E-state index in [1.807, 2.05) is 0 Å². The fourth-order valence-corrected chi connectivity index (χ4v) is 2.32. The van der Waals surface area contributed by atoms with Crippen molar-refractivity contribution in [2.75, 3.05) is 0 Å². The molecule has 1 unspecified atom stereocenters. The third-order valence-corrected chi connectivity index (χ3v) is 3.50. The normalized spacial score (nSPS) is 14.8. The number of halogens is 4. The highest BCUT2D eigenvalue weighted by atomic mass is 19.4. The van der Waals surface area contributed by atoms with Crippen LogP contribution in [0, 0.1) is 12.7 Å². The summed E-state index contributed by atoms with van der Waals surface area (Å²) in [6.07, 6.45) is -4.80. The minimum Gasteiger partial charge on any atom is -0.381 e. The standard InChI is InChI=1S/C16H14F4O/c1-10-5-3-4-6-12(10)15(2,21)11-7-8-14(17)13(9-11)16(18,19)20/h3-9,21H,1-2H3. The number of alkyl halides is 3. The summed E-state index contributed by atoms with van der Waals surface area (Å²) in [7, 11) is 0. The molecular formula is C16H14F4O. The fourth-order valence-electron chi connectivity index (χ4n) is 2.32. The van der Waals surface area contributed by atoms with Crippen molar-refractivity contribution >= 4 is 0 Å². The maximum absolute atomic E-state index is 13.3. The van der Waals surface area contributed by atoms with E-state index in [0.717, 1.165) is 17.7 Å². The Balaban J connectivity index is 2.59. The maximum atomic E-state index is 13.3. The van der Waals surface area contributed by atoms with E-state index in [0.29, 0.717) is 11.6 Å². The Morgan fingerprint density at radius 3 is 2.14 bits per heavy atom. The third-order valence-electron chi connectivity index (χ3n) is 3.50. The minimum atomic E-state index is -4.80. The Labute approximate surface area is 119 Å². The molecule has 0 saturated carbocycles. The molecule has 5 heteroatoms. The molecule has 1 atom stereocenters. The molecule has 0 spiro atoms. The summed E-state index contributed by atoms with van der Waals surface area (Å²) in [5.41, 5.74) is -1.82. The quantitative estimate of drug-likeness (QED) is 0.814. The molecule has 21 heavy (non-hydrogen) atoms. The Morgan fingerprint density at radius 2 is 1.57 bits per heavy atom. The van der Waals surface area contributed by atoms with Crippen molar-refractivity contribution in [2.24, 2.45) is 0 Å². The Morgan fingerprint density at radius 1 is 0.952 bits per heavy atom. The summed E-state index contributed by atoms with van der Waals surface area (Å²) in [5, 5.41) is 10.6. The van der Waals surface area contributed by atoms with Gasteiger partial charge in [-0.3, -0.25) is 0 Å². The van der Waals surface area contributed by atoms with E-state index in [1.54, 1.807) is 31.2 Å². The zero-order valence-corrected chi connectivity index (χ0v) is 11.5. The first-order valence-corrected chi connectivity index (χ1v) is 6.29. The van der Waals surface area contributed by atoms with Gasteiger partial charge in [-0.1, -0.05) is 30.3 Å². The first kappa shape index (κ1) is 15.5. The molecule has 0 aromatic heterocycles. The second-order valence-corrected chi connectivity index (χ2v) is 5.08. The molecule has 2 aromatic rings. The Kier molecular flexibility index (Phi) is 3.80. The Bertz CT molecular complexity index is 660. The van der Waals surface area contributed by atoms with Crippen molar-refractivity contribution in [1.29, 1.82) is 0 Å². The molecule has 0 radical (unpaired) electrons. The lowest BCUT2D eigenvalue weighted by molar-refractivity contribution is -0.140. The fraction of sp³-hybridized carbons (Fsp3) is 0.250. The second-order valence-electron chi connectivity index (χ2n) is 5.08. The average Bonchev–Trinajstić information content (AvgIpc) is 2.37. The zero-order valence-electron chi connectivity index (χ0n) is 11.5. The monoisotopic (exact) mass is 298 g/mol. The van der Waals surface area contributed by atoms with Gasteiger partial charge in [-0.2, -0.15) is 13.2 Å². The lowest BCUT2D eigenvalue weighted by atomic mass is 9.85. The van der Waals surface area contributed by atoms with Crippen LogP contribution in [0.2, 0.25) is 0 Å². The first-order chi connectivity index (χ1) is 9.64. The van der Waals surface area contributed by atoms with Crippen molar-refractivity contribution in [2.45, 2.75) is 25.6 Å². The van der Waals surface area contributed by atoms with Crippen molar-refractivity contribution in [1.82, 2.24) is 0 Å². The first-order valence-electron chi connectivity index (χ1n) is 6.29. The predicted molar refractivity (Wildman–Crippen MR) is 71.3 cm³/mol. The molecular weight excluding hydrogens is 284 g/mol. The van der Waals surface area contributed by atoms with Crippen molar-refractivity contribution in [3.63, 3.8) is 0 Å². The van der Waals surface area contributed by atoms with Gasteiger partial charge in [-0.05, 0) is 42.7 Å². The topological polar surface area (TPSA) is 20.2 Å². The van der Waals surface area contributed by atoms with Gasteiger partial charge in [-0.25, -0.2) is 4.39 Å². The van der Waals surface area contributed by atoms with E-state index in [-0.39, 0.29) is 5.56 Å². The SMILES string of the molecule is Cc1ccccc1C(C)(O)c1ccc(F)c(C(F)(F)F)c1. The number of aryl methyl sites for hydroxylation is 1.